The second kappa shape index (κ2) is 7.67. The van der Waals surface area contributed by atoms with E-state index in [-0.39, 0.29) is 18.1 Å². The number of amides is 1. The zero-order valence-corrected chi connectivity index (χ0v) is 15.5. The average Bonchev–Trinajstić information content (AvgIpc) is 3.00. The molecule has 0 aliphatic carbocycles. The monoisotopic (exact) mass is 356 g/mol. The Balaban J connectivity index is 1.58. The van der Waals surface area contributed by atoms with Crippen LogP contribution in [0.2, 0.25) is 0 Å². The van der Waals surface area contributed by atoms with Gasteiger partial charge in [0.1, 0.15) is 6.17 Å². The number of benzene rings is 3. The first-order chi connectivity index (χ1) is 13.2. The molecule has 0 spiro atoms. The molecule has 0 fully saturated rings. The van der Waals surface area contributed by atoms with E-state index in [0.29, 0.717) is 0 Å². The van der Waals surface area contributed by atoms with E-state index >= 15 is 0 Å². The first-order valence-corrected chi connectivity index (χ1v) is 9.51. The fourth-order valence-electron chi connectivity index (χ4n) is 3.79. The Labute approximate surface area is 160 Å². The minimum Gasteiger partial charge on any atom is -0.361 e. The Morgan fingerprint density at radius 3 is 2.26 bits per heavy atom. The predicted molar refractivity (Wildman–Crippen MR) is 110 cm³/mol. The van der Waals surface area contributed by atoms with Gasteiger partial charge in [0.2, 0.25) is 0 Å². The normalized spacial score (nSPS) is 16.9. The van der Waals surface area contributed by atoms with Crippen LogP contribution >= 0.6 is 0 Å². The number of aryl methyl sites for hydroxylation is 1. The van der Waals surface area contributed by atoms with Crippen molar-refractivity contribution in [2.45, 2.75) is 32.0 Å². The highest BCUT2D eigenvalue weighted by Crippen LogP contribution is 2.36. The first-order valence-electron chi connectivity index (χ1n) is 9.51. The molecule has 1 aliphatic heterocycles. The first kappa shape index (κ1) is 17.3. The minimum atomic E-state index is -0.137. The number of anilines is 1. The Hall–Kier alpha value is -3.07. The van der Waals surface area contributed by atoms with E-state index in [1.54, 1.807) is 0 Å². The maximum atomic E-state index is 13.1. The van der Waals surface area contributed by atoms with E-state index in [9.17, 15) is 4.79 Å². The standard InChI is InChI=1S/C24H24N2O/c1-18(16-17-19-10-4-2-5-11-19)26-23(25-20-12-6-3-7-13-20)21-14-8-9-15-22(21)24(26)27/h2-15,18,23,25H,16-17H2,1H3/t18-,23+/m1/s1. The lowest BCUT2D eigenvalue weighted by atomic mass is 10.0. The van der Waals surface area contributed by atoms with E-state index in [4.69, 9.17) is 0 Å². The van der Waals surface area contributed by atoms with Gasteiger partial charge in [-0.1, -0.05) is 66.7 Å². The van der Waals surface area contributed by atoms with Gasteiger partial charge in [0.25, 0.3) is 5.91 Å². The Kier molecular flexibility index (Phi) is 4.93. The maximum absolute atomic E-state index is 13.1. The van der Waals surface area contributed by atoms with Crippen molar-refractivity contribution in [1.82, 2.24) is 4.90 Å². The number of rotatable bonds is 6. The number of carbonyl (C=O) groups is 1. The van der Waals surface area contributed by atoms with Crippen LogP contribution in [-0.2, 0) is 6.42 Å². The molecule has 0 radical (unpaired) electrons. The summed E-state index contributed by atoms with van der Waals surface area (Å²) in [6.07, 6.45) is 1.75. The number of nitrogens with zero attached hydrogens (tertiary/aromatic N) is 1. The second-order valence-electron chi connectivity index (χ2n) is 7.09. The smallest absolute Gasteiger partial charge is 0.256 e. The summed E-state index contributed by atoms with van der Waals surface area (Å²) in [5, 5.41) is 3.56. The SMILES string of the molecule is C[C@H](CCc1ccccc1)N1C(=O)c2ccccc2[C@H]1Nc1ccccc1. The zero-order valence-electron chi connectivity index (χ0n) is 15.5. The lowest BCUT2D eigenvalue weighted by Gasteiger charge is -2.32. The molecule has 2 atom stereocenters. The van der Waals surface area contributed by atoms with E-state index in [0.717, 1.165) is 29.7 Å². The van der Waals surface area contributed by atoms with Crippen LogP contribution < -0.4 is 5.32 Å². The van der Waals surface area contributed by atoms with E-state index in [1.165, 1.54) is 5.56 Å². The molecule has 3 nitrogen and oxygen atoms in total. The molecule has 3 heteroatoms. The molecule has 3 aromatic rings. The molecule has 0 aromatic heterocycles. The van der Waals surface area contributed by atoms with Gasteiger partial charge in [-0.2, -0.15) is 0 Å². The van der Waals surface area contributed by atoms with Gasteiger partial charge in [0.05, 0.1) is 0 Å². The van der Waals surface area contributed by atoms with E-state index < -0.39 is 0 Å². The molecule has 3 aromatic carbocycles. The molecule has 1 aliphatic rings. The van der Waals surface area contributed by atoms with Crippen LogP contribution in [0.1, 0.15) is 41.0 Å². The topological polar surface area (TPSA) is 32.3 Å². The third-order valence-corrected chi connectivity index (χ3v) is 5.24. The molecular weight excluding hydrogens is 332 g/mol. The van der Waals surface area contributed by atoms with E-state index in [2.05, 4.69) is 42.6 Å². The summed E-state index contributed by atoms with van der Waals surface area (Å²) in [5.41, 5.74) is 4.18. The van der Waals surface area contributed by atoms with Crippen molar-refractivity contribution < 1.29 is 4.79 Å². The van der Waals surface area contributed by atoms with Gasteiger partial charge >= 0.3 is 0 Å². The lowest BCUT2D eigenvalue weighted by molar-refractivity contribution is 0.0660. The van der Waals surface area contributed by atoms with Crippen LogP contribution in [0.25, 0.3) is 0 Å². The van der Waals surface area contributed by atoms with Gasteiger partial charge < -0.3 is 10.2 Å². The Bertz CT molecular complexity index is 908. The van der Waals surface area contributed by atoms with Crippen LogP contribution in [0.15, 0.2) is 84.9 Å². The van der Waals surface area contributed by atoms with Gasteiger partial charge in [0, 0.05) is 22.9 Å². The van der Waals surface area contributed by atoms with Crippen molar-refractivity contribution >= 4 is 11.6 Å². The van der Waals surface area contributed by atoms with Crippen LogP contribution in [0, 0.1) is 0 Å². The summed E-state index contributed by atoms with van der Waals surface area (Å²) >= 11 is 0. The fraction of sp³-hybridized carbons (Fsp3) is 0.208. The highest BCUT2D eigenvalue weighted by Gasteiger charge is 2.38. The van der Waals surface area contributed by atoms with Gasteiger partial charge in [-0.05, 0) is 43.5 Å². The molecule has 1 N–H and O–H groups in total. The summed E-state index contributed by atoms with van der Waals surface area (Å²) < 4.78 is 0. The largest absolute Gasteiger partial charge is 0.361 e. The Morgan fingerprint density at radius 2 is 1.52 bits per heavy atom. The molecular formula is C24H24N2O. The van der Waals surface area contributed by atoms with Gasteiger partial charge in [-0.3, -0.25) is 4.79 Å². The number of para-hydroxylation sites is 1. The quantitative estimate of drug-likeness (QED) is 0.652. The molecule has 0 saturated carbocycles. The number of nitrogens with one attached hydrogen (secondary N) is 1. The maximum Gasteiger partial charge on any atom is 0.256 e. The fourth-order valence-corrected chi connectivity index (χ4v) is 3.79. The third kappa shape index (κ3) is 3.59. The summed E-state index contributed by atoms with van der Waals surface area (Å²) in [6.45, 7) is 2.15. The Morgan fingerprint density at radius 1 is 0.889 bits per heavy atom. The van der Waals surface area contributed by atoms with Gasteiger partial charge in [0.15, 0.2) is 0 Å². The summed E-state index contributed by atoms with van der Waals surface area (Å²) in [6, 6.07) is 28.6. The van der Waals surface area contributed by atoms with Gasteiger partial charge in [-0.15, -0.1) is 0 Å². The van der Waals surface area contributed by atoms with Crippen LogP contribution in [0.4, 0.5) is 5.69 Å². The molecule has 4 rings (SSSR count). The van der Waals surface area contributed by atoms with Crippen molar-refractivity contribution in [2.24, 2.45) is 0 Å². The number of hydrogen-bond donors (Lipinski definition) is 1. The molecule has 1 amide bonds. The highest BCUT2D eigenvalue weighted by atomic mass is 16.2. The number of fused-ring (bicyclic) bond motifs is 1. The minimum absolute atomic E-state index is 0.111. The molecule has 0 saturated heterocycles. The molecule has 0 bridgehead atoms. The van der Waals surface area contributed by atoms with Crippen molar-refractivity contribution in [3.05, 3.63) is 102 Å². The zero-order chi connectivity index (χ0) is 18.6. The van der Waals surface area contributed by atoms with Crippen molar-refractivity contribution in [3.8, 4) is 0 Å². The number of hydrogen-bond acceptors (Lipinski definition) is 2. The molecule has 136 valence electrons. The second-order valence-corrected chi connectivity index (χ2v) is 7.09. The van der Waals surface area contributed by atoms with Crippen LogP contribution in [-0.4, -0.2) is 16.8 Å². The highest BCUT2D eigenvalue weighted by molar-refractivity contribution is 5.99. The molecule has 27 heavy (non-hydrogen) atoms. The van der Waals surface area contributed by atoms with Crippen molar-refractivity contribution in [3.63, 3.8) is 0 Å². The van der Waals surface area contributed by atoms with Crippen LogP contribution in [0.5, 0.6) is 0 Å². The summed E-state index contributed by atoms with van der Waals surface area (Å²) in [4.78, 5) is 15.1. The van der Waals surface area contributed by atoms with Crippen molar-refractivity contribution in [1.29, 1.82) is 0 Å². The van der Waals surface area contributed by atoms with Crippen LogP contribution in [0.3, 0.4) is 0 Å². The third-order valence-electron chi connectivity index (χ3n) is 5.24. The molecule has 1 heterocycles. The number of carbonyl (C=O) groups excluding carboxylic acids is 1. The van der Waals surface area contributed by atoms with E-state index in [1.807, 2.05) is 59.5 Å². The molecule has 0 unspecified atom stereocenters. The predicted octanol–water partition coefficient (Wildman–Crippen LogP) is 5.27. The summed E-state index contributed by atoms with van der Waals surface area (Å²) in [5.74, 6) is 0.111. The average molecular weight is 356 g/mol. The summed E-state index contributed by atoms with van der Waals surface area (Å²) in [7, 11) is 0. The lowest BCUT2D eigenvalue weighted by Crippen LogP contribution is -2.39. The van der Waals surface area contributed by atoms with Crippen molar-refractivity contribution in [2.75, 3.05) is 5.32 Å². The van der Waals surface area contributed by atoms with Gasteiger partial charge in [-0.25, -0.2) is 0 Å².